The van der Waals surface area contributed by atoms with E-state index in [1.165, 1.54) is 22.2 Å². The van der Waals surface area contributed by atoms with Crippen molar-refractivity contribution in [2.24, 2.45) is 58.2 Å². The molecule has 4 saturated carbocycles. The number of carbonyl (C=O) groups is 8. The molecule has 8 aliphatic rings. The van der Waals surface area contributed by atoms with Gasteiger partial charge >= 0.3 is 11.9 Å². The molecule has 2 aromatic carbocycles. The first-order chi connectivity index (χ1) is 52.8. The van der Waals surface area contributed by atoms with E-state index >= 15 is 0 Å². The van der Waals surface area contributed by atoms with Gasteiger partial charge in [-0.15, -0.1) is 0 Å². The Kier molecular flexibility index (Phi) is 26.0. The lowest BCUT2D eigenvalue weighted by Crippen LogP contribution is -2.48. The van der Waals surface area contributed by atoms with Crippen LogP contribution in [0.15, 0.2) is 85.2 Å². The van der Waals surface area contributed by atoms with Crippen LogP contribution in [0.1, 0.15) is 185 Å². The number of alkyl halides is 4. The van der Waals surface area contributed by atoms with Crippen LogP contribution in [0.5, 0.6) is 23.3 Å². The highest BCUT2D eigenvalue weighted by Gasteiger charge is 2.65. The number of fused-ring (bicyclic) bond motifs is 6. The Bertz CT molecular complexity index is 4220. The average molecular weight is 1600 g/mol. The molecule has 112 heavy (non-hydrogen) atoms. The predicted molar refractivity (Wildman–Crippen MR) is 407 cm³/mol. The Morgan fingerprint density at radius 3 is 1.24 bits per heavy atom. The molecular weight excluding hydrogens is 1500 g/mol. The van der Waals surface area contributed by atoms with Gasteiger partial charge in [0.2, 0.25) is 55.4 Å². The fraction of sp³-hybridized carbons (Fsp3) is 0.634. The normalized spacial score (nSPS) is 29.8. The number of aromatic nitrogens is 2. The molecule has 0 unspecified atom stereocenters. The fourth-order valence-corrected chi connectivity index (χ4v) is 19.1. The van der Waals surface area contributed by atoms with E-state index in [9.17, 15) is 72.8 Å². The van der Waals surface area contributed by atoms with E-state index in [2.05, 4.69) is 33.3 Å². The number of ether oxygens (including phenoxy) is 6. The van der Waals surface area contributed by atoms with Gasteiger partial charge in [-0.25, -0.2) is 44.4 Å². The van der Waals surface area contributed by atoms with Crippen molar-refractivity contribution in [1.29, 1.82) is 0 Å². The molecule has 4 aromatic rings. The molecule has 14 atom stereocenters. The second-order valence-electron chi connectivity index (χ2n) is 33.6. The van der Waals surface area contributed by atoms with Gasteiger partial charge in [0, 0.05) is 47.2 Å². The minimum Gasteiger partial charge on any atom is -0.485 e. The molecule has 0 bridgehead atoms. The zero-order chi connectivity index (χ0) is 81.2. The average Bonchev–Trinajstić information content (AvgIpc) is 1.57. The fourth-order valence-electron chi connectivity index (χ4n) is 16.5. The maximum Gasteiger partial charge on any atom is 0.306 e. The topological polar surface area (TPSA) is 317 Å². The van der Waals surface area contributed by atoms with Crippen molar-refractivity contribution in [1.82, 2.24) is 29.2 Å². The van der Waals surface area contributed by atoms with Crippen LogP contribution in [-0.2, 0) is 67.9 Å². The van der Waals surface area contributed by atoms with Crippen molar-refractivity contribution >= 4 is 88.7 Å². The van der Waals surface area contributed by atoms with Crippen LogP contribution in [0, 0.1) is 58.2 Å². The number of sulfonamides is 2. The number of nitrogens with one attached hydrogen (secondary N) is 2. The molecule has 4 aliphatic heterocycles. The first-order valence-electron chi connectivity index (χ1n) is 39.3. The van der Waals surface area contributed by atoms with Crippen molar-refractivity contribution in [2.45, 2.75) is 244 Å². The van der Waals surface area contributed by atoms with Crippen molar-refractivity contribution in [2.75, 3.05) is 26.3 Å². The van der Waals surface area contributed by atoms with Gasteiger partial charge in [-0.05, 0) is 166 Å². The zero-order valence-corrected chi connectivity index (χ0v) is 67.0. The van der Waals surface area contributed by atoms with Crippen LogP contribution in [0.4, 0.5) is 17.6 Å². The number of carbonyl (C=O) groups excluding carboxylic acids is 8. The number of benzene rings is 2. The van der Waals surface area contributed by atoms with Gasteiger partial charge < -0.3 is 38.2 Å². The highest BCUT2D eigenvalue weighted by atomic mass is 32.2. The third kappa shape index (κ3) is 19.6. The largest absolute Gasteiger partial charge is 0.485 e. The summed E-state index contributed by atoms with van der Waals surface area (Å²) in [6.07, 6.45) is 8.28. The Morgan fingerprint density at radius 2 is 0.902 bits per heavy atom. The molecule has 0 radical (unpaired) electrons. The first kappa shape index (κ1) is 84.6. The van der Waals surface area contributed by atoms with Gasteiger partial charge in [-0.2, -0.15) is 0 Å². The van der Waals surface area contributed by atoms with Crippen molar-refractivity contribution in [3.63, 3.8) is 0 Å². The van der Waals surface area contributed by atoms with Gasteiger partial charge in [0.25, 0.3) is 12.9 Å². The number of Topliss-reactive ketones (excluding diaryl/α,β-unsaturated/α-hetero) is 2. The first-order valence-corrected chi connectivity index (χ1v) is 42.3. The Labute approximate surface area is 652 Å². The number of hydrogen-bond acceptors (Lipinski definition) is 20. The Hall–Kier alpha value is -8.28. The second kappa shape index (κ2) is 34.4. The van der Waals surface area contributed by atoms with Gasteiger partial charge in [-0.1, -0.05) is 88.4 Å². The smallest absolute Gasteiger partial charge is 0.306 e. The molecule has 24 nitrogen and oxygen atoms in total. The summed E-state index contributed by atoms with van der Waals surface area (Å²) in [6.45, 7) is 16.4. The van der Waals surface area contributed by atoms with Gasteiger partial charge in [-0.3, -0.25) is 47.8 Å². The second-order valence-corrected chi connectivity index (χ2v) is 38.0. The van der Waals surface area contributed by atoms with Crippen LogP contribution in [0.2, 0.25) is 0 Å². The number of hydrogen-bond donors (Lipinski definition) is 2. The summed E-state index contributed by atoms with van der Waals surface area (Å²) in [5, 5.41) is 1.93. The van der Waals surface area contributed by atoms with E-state index in [-0.39, 0.29) is 123 Å². The van der Waals surface area contributed by atoms with E-state index in [1.54, 1.807) is 90.1 Å². The molecule has 0 spiro atoms. The van der Waals surface area contributed by atoms with Crippen LogP contribution in [0.25, 0.3) is 21.5 Å². The van der Waals surface area contributed by atoms with Crippen LogP contribution < -0.4 is 28.4 Å². The molecule has 4 aliphatic carbocycles. The van der Waals surface area contributed by atoms with Crippen LogP contribution in [0.3, 0.4) is 0 Å². The predicted octanol–water partition coefficient (Wildman–Crippen LogP) is 12.3. The number of allylic oxidation sites excluding steroid dienone is 4. The molecule has 2 aromatic heterocycles. The number of esters is 2. The molecule has 6 fully saturated rings. The summed E-state index contributed by atoms with van der Waals surface area (Å²) in [4.78, 5) is 125. The van der Waals surface area contributed by atoms with Crippen molar-refractivity contribution in [3.05, 3.63) is 85.2 Å². The van der Waals surface area contributed by atoms with E-state index in [4.69, 9.17) is 28.4 Å². The Morgan fingerprint density at radius 1 is 0.545 bits per heavy atom. The summed E-state index contributed by atoms with van der Waals surface area (Å²) in [5.41, 5.74) is -2.63. The van der Waals surface area contributed by atoms with E-state index in [1.807, 2.05) is 38.2 Å². The van der Waals surface area contributed by atoms with Crippen molar-refractivity contribution in [3.8, 4) is 23.3 Å². The maximum absolute atomic E-state index is 14.8. The SMILES string of the molecule is CC(C)OC(=O)C[C@@H]1C(=O)N2C[C@H](Oc3ncc(OCC(F)F)c4ccccc34)C[C@H]2C(=O)C[C@]2(C(=O)NS(=O)(=O)C3(C)CC3)C[C@H]2/C=C\CC[C@@H](C)C[C@H]1C.CC(C)OC(=O)C[C@@H]1C(=O)N2C[C@H](Oc3ncc(OCC(F)F)c4ccccc34)C[C@H]2C(=O)C[C@]2(C(=O)NS(=O)(=O)C3(C)CC3)C[C@H]2/C=C\CC[C@H](C)C[C@H]1C. The third-order valence-electron chi connectivity index (χ3n) is 23.8. The van der Waals surface area contributed by atoms with Gasteiger partial charge in [0.05, 0.1) is 94.8 Å². The molecule has 2 saturated heterocycles. The third-order valence-corrected chi connectivity index (χ3v) is 28.1. The highest BCUT2D eigenvalue weighted by Crippen LogP contribution is 2.59. The quantitative estimate of drug-likeness (QED) is 0.0419. The molecule has 612 valence electrons. The minimum atomic E-state index is -3.99. The number of pyridine rings is 2. The molecule has 30 heteroatoms. The standard InChI is InChI=1S/2C41H53F2N3O9S/c2*1-24(2)54-36(48)18-31-26(4)16-25(3)10-6-7-11-27-19-41(27,39(50)45-56(51,52)40(5)14-15-40)20-33(47)32-17-28(22-46(32)38(31)49)55-37-30-13-9-8-12-29(30)34(21-44-37)53-23-35(42)43/h2*7-9,11-13,21,24-28,31-32,35H,6,10,14-20,22-23H2,1-5H3,(H,45,50)/b2*11-7-/t25-,26+,27+,28+,31-,32-,41+;25-,26-,27-,28-,31+,32+,41-/m01/s1. The van der Waals surface area contributed by atoms with Crippen molar-refractivity contribution < 1.29 is 101 Å². The molecule has 12 rings (SSSR count). The van der Waals surface area contributed by atoms with Gasteiger partial charge in [0.15, 0.2) is 11.6 Å². The summed E-state index contributed by atoms with van der Waals surface area (Å²) in [5.74, 6) is -6.11. The van der Waals surface area contributed by atoms with E-state index < -0.39 is 162 Å². The summed E-state index contributed by atoms with van der Waals surface area (Å²) in [6, 6.07) is 11.6. The van der Waals surface area contributed by atoms with Crippen LogP contribution in [-0.4, -0.2) is 169 Å². The number of halogens is 4. The highest BCUT2D eigenvalue weighted by molar-refractivity contribution is 7.92. The molecule has 2 N–H and O–H groups in total. The Balaban J connectivity index is 0.000000221. The minimum absolute atomic E-state index is 0.0345. The molecular formula is C82H106F4N6O18S2. The molecule has 4 amide bonds. The van der Waals surface area contributed by atoms with E-state index in [0.717, 1.165) is 12.8 Å². The number of rotatable bonds is 22. The number of nitrogens with zero attached hydrogens (tertiary/aromatic N) is 4. The molecule has 6 heterocycles. The lowest BCUT2D eigenvalue weighted by Gasteiger charge is -2.32. The number of amides is 4. The summed E-state index contributed by atoms with van der Waals surface area (Å²) >= 11 is 0. The zero-order valence-electron chi connectivity index (χ0n) is 65.3. The summed E-state index contributed by atoms with van der Waals surface area (Å²) < 4.78 is 142. The summed E-state index contributed by atoms with van der Waals surface area (Å²) in [7, 11) is -7.97. The van der Waals surface area contributed by atoms with Gasteiger partial charge in [0.1, 0.15) is 36.9 Å². The van der Waals surface area contributed by atoms with Crippen LogP contribution >= 0.6 is 0 Å². The maximum atomic E-state index is 14.8. The van der Waals surface area contributed by atoms with E-state index in [0.29, 0.717) is 72.9 Å². The lowest BCUT2D eigenvalue weighted by atomic mass is 9.82. The lowest BCUT2D eigenvalue weighted by molar-refractivity contribution is -0.154. The monoisotopic (exact) mass is 1600 g/mol. The number of ketones is 2.